The van der Waals surface area contributed by atoms with Gasteiger partial charge in [-0.2, -0.15) is 0 Å². The van der Waals surface area contributed by atoms with E-state index in [-0.39, 0.29) is 23.2 Å². The van der Waals surface area contributed by atoms with E-state index in [1.807, 2.05) is 18.2 Å². The number of carbonyl (C=O) groups excluding carboxylic acids is 1. The normalized spacial score (nSPS) is 14.0. The van der Waals surface area contributed by atoms with E-state index < -0.39 is 10.0 Å². The maximum atomic E-state index is 12.6. The average molecular weight is 623 g/mol. The van der Waals surface area contributed by atoms with Crippen LogP contribution in [-0.2, 0) is 10.0 Å². The molecule has 1 fully saturated rings. The van der Waals surface area contributed by atoms with Gasteiger partial charge in [0.15, 0.2) is 5.13 Å². The fraction of sp³-hybridized carbons (Fsp3) is 0.259. The predicted octanol–water partition coefficient (Wildman–Crippen LogP) is 4.73. The minimum Gasteiger partial charge on any atom is -0.497 e. The first-order valence-electron chi connectivity index (χ1n) is 12.4. The number of rotatable bonds is 9. The van der Waals surface area contributed by atoms with Crippen molar-refractivity contribution >= 4 is 72.3 Å². The number of benzene rings is 3. The summed E-state index contributed by atoms with van der Waals surface area (Å²) in [6, 6.07) is 18.2. The average Bonchev–Trinajstić information content (AvgIpc) is 3.37. The Morgan fingerprint density at radius 3 is 2.40 bits per heavy atom. The van der Waals surface area contributed by atoms with Crippen molar-refractivity contribution in [2.24, 2.45) is 0 Å². The zero-order valence-corrected chi connectivity index (χ0v) is 24.9. The minimum atomic E-state index is -3.75. The number of halogens is 2. The maximum absolute atomic E-state index is 12.6. The van der Waals surface area contributed by atoms with E-state index >= 15 is 0 Å². The molecule has 13 heteroatoms. The molecule has 0 atom stereocenters. The maximum Gasteiger partial charge on any atom is 0.261 e. The molecule has 1 amide bonds. The number of anilines is 2. The summed E-state index contributed by atoms with van der Waals surface area (Å²) in [5.74, 6) is 0.630. The smallest absolute Gasteiger partial charge is 0.261 e. The zero-order chi connectivity index (χ0) is 27.4. The summed E-state index contributed by atoms with van der Waals surface area (Å²) in [5.41, 5.74) is 1.81. The van der Waals surface area contributed by atoms with Gasteiger partial charge in [-0.05, 0) is 66.7 Å². The van der Waals surface area contributed by atoms with Crippen LogP contribution in [0.4, 0.5) is 10.8 Å². The van der Waals surface area contributed by atoms with Crippen LogP contribution in [0.5, 0.6) is 5.75 Å². The Hall–Kier alpha value is -3.09. The van der Waals surface area contributed by atoms with E-state index in [1.54, 1.807) is 42.7 Å². The minimum absolute atomic E-state index is 0. The van der Waals surface area contributed by atoms with Gasteiger partial charge in [-0.25, -0.2) is 13.4 Å². The van der Waals surface area contributed by atoms with Crippen molar-refractivity contribution in [1.29, 1.82) is 0 Å². The molecule has 40 heavy (non-hydrogen) atoms. The highest BCUT2D eigenvalue weighted by atomic mass is 35.5. The third kappa shape index (κ3) is 7.15. The fourth-order valence-corrected chi connectivity index (χ4v) is 6.50. The Labute approximate surface area is 248 Å². The number of sulfonamides is 1. The van der Waals surface area contributed by atoms with Crippen LogP contribution < -0.4 is 19.7 Å². The molecule has 212 valence electrons. The first-order chi connectivity index (χ1) is 18.8. The van der Waals surface area contributed by atoms with Crippen molar-refractivity contribution in [2.45, 2.75) is 4.90 Å². The number of carbonyl (C=O) groups is 1. The number of aromatic nitrogens is 1. The fourth-order valence-electron chi connectivity index (χ4n) is 4.26. The van der Waals surface area contributed by atoms with Gasteiger partial charge in [0.05, 0.1) is 22.2 Å². The van der Waals surface area contributed by atoms with E-state index in [9.17, 15) is 13.2 Å². The van der Waals surface area contributed by atoms with Gasteiger partial charge in [-0.3, -0.25) is 14.4 Å². The standard InChI is InChI=1S/C27H28ClN5O4S2.ClH/c1-37-22-8-11-24-25(18-22)38-27(30-24)33-16-14-32(15-17-33)13-12-29-26(34)19-2-6-21(7-3-19)31-39(35,36)23-9-4-20(28)5-10-23;/h2-11,18,31H,12-17H2,1H3,(H,29,34);1H. The van der Waals surface area contributed by atoms with E-state index in [4.69, 9.17) is 21.3 Å². The van der Waals surface area contributed by atoms with Gasteiger partial charge in [-0.1, -0.05) is 22.9 Å². The zero-order valence-electron chi connectivity index (χ0n) is 21.7. The van der Waals surface area contributed by atoms with Crippen LogP contribution in [0.2, 0.25) is 5.02 Å². The summed E-state index contributed by atoms with van der Waals surface area (Å²) in [7, 11) is -2.08. The van der Waals surface area contributed by atoms with E-state index in [1.165, 1.54) is 24.3 Å². The Morgan fingerprint density at radius 1 is 1.02 bits per heavy atom. The predicted molar refractivity (Wildman–Crippen MR) is 163 cm³/mol. The lowest BCUT2D eigenvalue weighted by molar-refractivity contribution is 0.0948. The third-order valence-corrected chi connectivity index (χ3v) is 9.19. The molecule has 4 aromatic rings. The molecule has 0 unspecified atom stereocenters. The van der Waals surface area contributed by atoms with Crippen LogP contribution in [0.25, 0.3) is 10.2 Å². The Morgan fingerprint density at radius 2 is 1.73 bits per heavy atom. The number of hydrogen-bond acceptors (Lipinski definition) is 8. The molecule has 1 aliphatic rings. The van der Waals surface area contributed by atoms with Crippen LogP contribution >= 0.6 is 35.3 Å². The lowest BCUT2D eigenvalue weighted by Gasteiger charge is -2.34. The topological polar surface area (TPSA) is 104 Å². The molecule has 0 radical (unpaired) electrons. The van der Waals surface area contributed by atoms with Gasteiger partial charge < -0.3 is 15.0 Å². The third-order valence-electron chi connectivity index (χ3n) is 6.46. The molecule has 2 heterocycles. The molecular weight excluding hydrogens is 593 g/mol. The van der Waals surface area contributed by atoms with E-state index in [2.05, 4.69) is 19.8 Å². The van der Waals surface area contributed by atoms with Crippen LogP contribution in [0.1, 0.15) is 10.4 Å². The second-order valence-corrected chi connectivity index (χ2v) is 12.2. The van der Waals surface area contributed by atoms with E-state index in [0.717, 1.165) is 53.8 Å². The van der Waals surface area contributed by atoms with Crippen LogP contribution in [0.15, 0.2) is 71.6 Å². The lowest BCUT2D eigenvalue weighted by atomic mass is 10.2. The van der Waals surface area contributed by atoms with Crippen molar-refractivity contribution in [3.05, 3.63) is 77.3 Å². The van der Waals surface area contributed by atoms with Crippen LogP contribution in [0.3, 0.4) is 0 Å². The van der Waals surface area contributed by atoms with Crippen LogP contribution in [0, 0.1) is 0 Å². The Balaban J connectivity index is 0.00000370. The highest BCUT2D eigenvalue weighted by molar-refractivity contribution is 7.92. The molecule has 5 rings (SSSR count). The number of ether oxygens (including phenoxy) is 1. The van der Waals surface area contributed by atoms with Crippen molar-refractivity contribution < 1.29 is 17.9 Å². The molecule has 3 aromatic carbocycles. The SMILES string of the molecule is COc1ccc2nc(N3CCN(CCNC(=O)c4ccc(NS(=O)(=O)c5ccc(Cl)cc5)cc4)CC3)sc2c1.Cl. The highest BCUT2D eigenvalue weighted by Gasteiger charge is 2.20. The molecule has 2 N–H and O–H groups in total. The van der Waals surface area contributed by atoms with Gasteiger partial charge in [0, 0.05) is 55.5 Å². The summed E-state index contributed by atoms with van der Waals surface area (Å²) in [5, 5.41) is 4.42. The summed E-state index contributed by atoms with van der Waals surface area (Å²) in [6.45, 7) is 4.78. The number of amides is 1. The van der Waals surface area contributed by atoms with Gasteiger partial charge in [0.1, 0.15) is 5.75 Å². The number of piperazine rings is 1. The van der Waals surface area contributed by atoms with Crippen molar-refractivity contribution in [3.8, 4) is 5.75 Å². The number of nitrogens with zero attached hydrogens (tertiary/aromatic N) is 3. The Kier molecular flexibility index (Phi) is 9.75. The summed E-state index contributed by atoms with van der Waals surface area (Å²) in [4.78, 5) is 22.1. The quantitative estimate of drug-likeness (QED) is 0.278. The summed E-state index contributed by atoms with van der Waals surface area (Å²) < 4.78 is 34.0. The highest BCUT2D eigenvalue weighted by Crippen LogP contribution is 2.31. The number of hydrogen-bond donors (Lipinski definition) is 2. The number of methoxy groups -OCH3 is 1. The molecular formula is C27H29Cl2N5O4S2. The Bertz CT molecular complexity index is 1560. The molecule has 1 aliphatic heterocycles. The molecule has 0 aliphatic carbocycles. The van der Waals surface area contributed by atoms with Crippen molar-refractivity contribution in [3.63, 3.8) is 0 Å². The molecule has 0 bridgehead atoms. The first kappa shape index (κ1) is 29.9. The molecule has 0 spiro atoms. The largest absolute Gasteiger partial charge is 0.497 e. The monoisotopic (exact) mass is 621 g/mol. The second-order valence-electron chi connectivity index (χ2n) is 9.05. The van der Waals surface area contributed by atoms with Crippen LogP contribution in [-0.4, -0.2) is 70.6 Å². The molecule has 9 nitrogen and oxygen atoms in total. The number of nitrogens with one attached hydrogen (secondary N) is 2. The second kappa shape index (κ2) is 13.0. The summed E-state index contributed by atoms with van der Waals surface area (Å²) >= 11 is 7.51. The molecule has 1 saturated heterocycles. The van der Waals surface area contributed by atoms with Crippen molar-refractivity contribution in [1.82, 2.24) is 15.2 Å². The van der Waals surface area contributed by atoms with Gasteiger partial charge in [-0.15, -0.1) is 12.4 Å². The molecule has 0 saturated carbocycles. The number of fused-ring (bicyclic) bond motifs is 1. The van der Waals surface area contributed by atoms with Gasteiger partial charge in [0.25, 0.3) is 15.9 Å². The summed E-state index contributed by atoms with van der Waals surface area (Å²) in [6.07, 6.45) is 0. The van der Waals surface area contributed by atoms with E-state index in [0.29, 0.717) is 22.8 Å². The van der Waals surface area contributed by atoms with Gasteiger partial charge in [0.2, 0.25) is 0 Å². The van der Waals surface area contributed by atoms with Gasteiger partial charge >= 0.3 is 0 Å². The lowest BCUT2D eigenvalue weighted by Crippen LogP contribution is -2.48. The van der Waals surface area contributed by atoms with Crippen molar-refractivity contribution in [2.75, 3.05) is 56.0 Å². The number of thiazole rings is 1. The first-order valence-corrected chi connectivity index (χ1v) is 15.1. The molecule has 1 aromatic heterocycles.